The van der Waals surface area contributed by atoms with E-state index < -0.39 is 0 Å². The van der Waals surface area contributed by atoms with Gasteiger partial charge in [-0.2, -0.15) is 0 Å². The van der Waals surface area contributed by atoms with Crippen LogP contribution in [0.5, 0.6) is 11.5 Å². The summed E-state index contributed by atoms with van der Waals surface area (Å²) >= 11 is 0. The monoisotopic (exact) mass is 549 g/mol. The molecule has 0 aromatic heterocycles. The molecule has 8 nitrogen and oxygen atoms in total. The number of methoxy groups -OCH3 is 1. The quantitative estimate of drug-likeness (QED) is 0.442. The topological polar surface area (TPSA) is 81.6 Å². The van der Waals surface area contributed by atoms with E-state index in [-0.39, 0.29) is 17.4 Å². The van der Waals surface area contributed by atoms with Gasteiger partial charge in [0.1, 0.15) is 28.6 Å². The van der Waals surface area contributed by atoms with Crippen molar-refractivity contribution >= 4 is 11.7 Å². The van der Waals surface area contributed by atoms with Crippen molar-refractivity contribution in [1.82, 2.24) is 10.2 Å². The fourth-order valence-corrected chi connectivity index (χ4v) is 5.45. The Bertz CT molecular complexity index is 1300. The number of oxime groups is 1. The number of rotatable bonds is 9. The molecule has 0 aliphatic carbocycles. The molecular weight excluding hydrogens is 513 g/mol. The van der Waals surface area contributed by atoms with Gasteiger partial charge in [0.2, 0.25) is 0 Å². The van der Waals surface area contributed by atoms with Gasteiger partial charge >= 0.3 is 5.97 Å². The highest BCUT2D eigenvalue weighted by Gasteiger charge is 2.43. The number of esters is 1. The zero-order chi connectivity index (χ0) is 28.1. The number of allylic oxidation sites excluding steroid dienone is 3. The van der Waals surface area contributed by atoms with Crippen LogP contribution in [0, 0.1) is 5.82 Å². The molecule has 9 heteroatoms. The van der Waals surface area contributed by atoms with Gasteiger partial charge in [-0.05, 0) is 61.4 Å². The fourth-order valence-electron chi connectivity index (χ4n) is 5.45. The van der Waals surface area contributed by atoms with Crippen LogP contribution in [0.1, 0.15) is 38.7 Å². The summed E-state index contributed by atoms with van der Waals surface area (Å²) in [5, 5.41) is 7.68. The molecule has 1 saturated heterocycles. The lowest BCUT2D eigenvalue weighted by Gasteiger charge is -2.37. The van der Waals surface area contributed by atoms with Gasteiger partial charge in [0, 0.05) is 45.4 Å². The lowest BCUT2D eigenvalue weighted by atomic mass is 9.86. The second kappa shape index (κ2) is 12.1. The maximum atomic E-state index is 13.6. The molecule has 2 aromatic rings. The Morgan fingerprint density at radius 3 is 2.33 bits per heavy atom. The molecule has 0 amide bonds. The van der Waals surface area contributed by atoms with E-state index in [1.807, 2.05) is 19.9 Å². The van der Waals surface area contributed by atoms with Crippen LogP contribution in [0.2, 0.25) is 0 Å². The van der Waals surface area contributed by atoms with Gasteiger partial charge in [-0.1, -0.05) is 17.3 Å². The Hall–Kier alpha value is -3.85. The summed E-state index contributed by atoms with van der Waals surface area (Å²) < 4.78 is 30.5. The van der Waals surface area contributed by atoms with Gasteiger partial charge in [0.25, 0.3) is 0 Å². The van der Waals surface area contributed by atoms with Crippen LogP contribution in [0.25, 0.3) is 11.1 Å². The van der Waals surface area contributed by atoms with Crippen molar-refractivity contribution in [2.75, 3.05) is 40.0 Å². The number of dihydropyridines is 1. The highest BCUT2D eigenvalue weighted by Crippen LogP contribution is 2.41. The smallest absolute Gasteiger partial charge is 0.335 e. The minimum atomic E-state index is -0.330. The predicted molar refractivity (Wildman–Crippen MR) is 151 cm³/mol. The molecule has 0 saturated carbocycles. The highest BCUT2D eigenvalue weighted by atomic mass is 19.1. The molecule has 1 spiro atoms. The van der Waals surface area contributed by atoms with Crippen LogP contribution in [-0.2, 0) is 20.9 Å². The Morgan fingerprint density at radius 1 is 1.07 bits per heavy atom. The molecule has 0 bridgehead atoms. The number of nitrogens with one attached hydrogen (secondary N) is 1. The SMILES string of the molecule is CCOc1cc(CN2CCC3(CC2)CC(C2=CC=C(C(=O)OC)CN2)=NO3)cc(OCC)c1-c1ccc(F)cc1. The van der Waals surface area contributed by atoms with Crippen LogP contribution >= 0.6 is 0 Å². The molecular formula is C31H36FN3O5. The highest BCUT2D eigenvalue weighted by molar-refractivity contribution is 6.02. The number of piperidine rings is 1. The van der Waals surface area contributed by atoms with Crippen LogP contribution in [0.3, 0.4) is 0 Å². The first kappa shape index (κ1) is 27.7. The number of ether oxygens (including phenoxy) is 3. The Labute approximate surface area is 234 Å². The van der Waals surface area contributed by atoms with Crippen molar-refractivity contribution in [2.24, 2.45) is 5.16 Å². The summed E-state index contributed by atoms with van der Waals surface area (Å²) in [6, 6.07) is 10.6. The second-order valence-electron chi connectivity index (χ2n) is 10.2. The van der Waals surface area contributed by atoms with E-state index in [1.54, 1.807) is 18.2 Å². The summed E-state index contributed by atoms with van der Waals surface area (Å²) in [6.45, 7) is 7.84. The summed E-state index contributed by atoms with van der Waals surface area (Å²) in [4.78, 5) is 20.2. The third-order valence-electron chi connectivity index (χ3n) is 7.55. The first-order valence-electron chi connectivity index (χ1n) is 13.8. The first-order valence-corrected chi connectivity index (χ1v) is 13.8. The van der Waals surface area contributed by atoms with Gasteiger partial charge in [-0.25, -0.2) is 9.18 Å². The van der Waals surface area contributed by atoms with Crippen molar-refractivity contribution in [3.8, 4) is 22.6 Å². The zero-order valence-corrected chi connectivity index (χ0v) is 23.3. The number of nitrogens with zero attached hydrogens (tertiary/aromatic N) is 2. The summed E-state index contributed by atoms with van der Waals surface area (Å²) in [5.41, 5.74) is 4.84. The molecule has 3 aliphatic heterocycles. The van der Waals surface area contributed by atoms with Gasteiger partial charge in [0.05, 0.1) is 37.2 Å². The molecule has 0 atom stereocenters. The number of likely N-dealkylation sites (tertiary alicyclic amines) is 1. The Morgan fingerprint density at radius 2 is 1.75 bits per heavy atom. The lowest BCUT2D eigenvalue weighted by molar-refractivity contribution is -0.136. The standard InChI is InChI=1S/C31H36FN3O5/c1-4-38-27-16-21(17-28(39-5-2)29(27)22-6-9-24(32)10-7-22)20-35-14-12-31(13-15-35)18-26(34-40-31)25-11-8-23(19-33-25)30(36)37-3/h6-11,16-17,33H,4-5,12-15,18-20H2,1-3H3. The van der Waals surface area contributed by atoms with Gasteiger partial charge in [-0.15, -0.1) is 0 Å². The average molecular weight is 550 g/mol. The average Bonchev–Trinajstić information content (AvgIpc) is 3.38. The normalized spacial score (nSPS) is 18.2. The lowest BCUT2D eigenvalue weighted by Crippen LogP contribution is -2.44. The van der Waals surface area contributed by atoms with Crippen molar-refractivity contribution in [2.45, 2.75) is 45.3 Å². The van der Waals surface area contributed by atoms with Crippen LogP contribution in [0.4, 0.5) is 4.39 Å². The molecule has 3 aliphatic rings. The Kier molecular flexibility index (Phi) is 8.40. The van der Waals surface area contributed by atoms with Crippen LogP contribution in [-0.4, -0.2) is 62.1 Å². The Balaban J connectivity index is 1.25. The molecule has 5 rings (SSSR count). The fraction of sp³-hybridized carbons (Fsp3) is 0.419. The third-order valence-corrected chi connectivity index (χ3v) is 7.55. The van der Waals surface area contributed by atoms with Crippen LogP contribution in [0.15, 0.2) is 65.0 Å². The zero-order valence-electron chi connectivity index (χ0n) is 23.3. The predicted octanol–water partition coefficient (Wildman–Crippen LogP) is 4.99. The maximum absolute atomic E-state index is 13.6. The first-order chi connectivity index (χ1) is 19.4. The van der Waals surface area contributed by atoms with E-state index in [1.165, 1.54) is 19.2 Å². The number of carbonyl (C=O) groups is 1. The molecule has 1 fully saturated rings. The molecule has 3 heterocycles. The summed E-state index contributed by atoms with van der Waals surface area (Å²) in [6.07, 6.45) is 6.11. The minimum Gasteiger partial charge on any atom is -0.493 e. The van der Waals surface area contributed by atoms with Crippen molar-refractivity contribution < 1.29 is 28.2 Å². The van der Waals surface area contributed by atoms with E-state index in [4.69, 9.17) is 19.0 Å². The number of hydrogen-bond acceptors (Lipinski definition) is 8. The number of hydrogen-bond donors (Lipinski definition) is 1. The molecule has 0 radical (unpaired) electrons. The number of carbonyl (C=O) groups excluding carboxylic acids is 1. The molecule has 2 aromatic carbocycles. The van der Waals surface area contributed by atoms with Crippen LogP contribution < -0.4 is 14.8 Å². The van der Waals surface area contributed by atoms with E-state index in [2.05, 4.69) is 27.5 Å². The van der Waals surface area contributed by atoms with E-state index in [0.717, 1.165) is 78.5 Å². The van der Waals surface area contributed by atoms with Gasteiger partial charge in [0.15, 0.2) is 0 Å². The number of halogens is 1. The van der Waals surface area contributed by atoms with E-state index >= 15 is 0 Å². The van der Waals surface area contributed by atoms with E-state index in [0.29, 0.717) is 25.3 Å². The summed E-state index contributed by atoms with van der Waals surface area (Å²) in [7, 11) is 1.38. The molecule has 0 unspecified atom stereocenters. The summed E-state index contributed by atoms with van der Waals surface area (Å²) in [5.74, 6) is 0.860. The van der Waals surface area contributed by atoms with Gasteiger partial charge in [-0.3, -0.25) is 4.90 Å². The van der Waals surface area contributed by atoms with E-state index in [9.17, 15) is 9.18 Å². The van der Waals surface area contributed by atoms with Crippen molar-refractivity contribution in [3.05, 3.63) is 71.2 Å². The second-order valence-corrected chi connectivity index (χ2v) is 10.2. The molecule has 212 valence electrons. The minimum absolute atomic E-state index is 0.279. The molecule has 40 heavy (non-hydrogen) atoms. The molecule has 1 N–H and O–H groups in total. The van der Waals surface area contributed by atoms with Crippen molar-refractivity contribution in [3.63, 3.8) is 0 Å². The largest absolute Gasteiger partial charge is 0.493 e. The number of benzene rings is 2. The van der Waals surface area contributed by atoms with Crippen molar-refractivity contribution in [1.29, 1.82) is 0 Å². The third kappa shape index (κ3) is 5.99. The maximum Gasteiger partial charge on any atom is 0.335 e. The van der Waals surface area contributed by atoms with Gasteiger partial charge < -0.3 is 24.4 Å².